The van der Waals surface area contributed by atoms with E-state index in [4.69, 9.17) is 9.57 Å². The molecule has 0 aromatic heterocycles. The van der Waals surface area contributed by atoms with Crippen LogP contribution >= 0.6 is 0 Å². The summed E-state index contributed by atoms with van der Waals surface area (Å²) in [5.41, 5.74) is 2.19. The van der Waals surface area contributed by atoms with Gasteiger partial charge in [-0.05, 0) is 33.6 Å². The minimum absolute atomic E-state index is 0.127. The Labute approximate surface area is 97.0 Å². The summed E-state index contributed by atoms with van der Waals surface area (Å²) in [5, 5.41) is 0. The molecule has 0 spiro atoms. The molecule has 1 aliphatic rings. The van der Waals surface area contributed by atoms with Gasteiger partial charge in [-0.1, -0.05) is 0 Å². The SMILES string of the molecule is CNOCC1CCCN1C(=O)OC(C)(C)C. The van der Waals surface area contributed by atoms with Crippen LogP contribution in [0.15, 0.2) is 0 Å². The Morgan fingerprint density at radius 2 is 2.19 bits per heavy atom. The zero-order valence-electron chi connectivity index (χ0n) is 10.6. The number of likely N-dealkylation sites (tertiary alicyclic amines) is 1. The van der Waals surface area contributed by atoms with Gasteiger partial charge in [-0.3, -0.25) is 4.84 Å². The first kappa shape index (κ1) is 13.3. The van der Waals surface area contributed by atoms with Gasteiger partial charge in [-0.25, -0.2) is 10.3 Å². The number of rotatable bonds is 3. The highest BCUT2D eigenvalue weighted by Crippen LogP contribution is 2.20. The van der Waals surface area contributed by atoms with Crippen molar-refractivity contribution in [1.82, 2.24) is 10.4 Å². The molecule has 0 aliphatic carbocycles. The average Bonchev–Trinajstić information content (AvgIpc) is 2.59. The first-order valence-corrected chi connectivity index (χ1v) is 5.72. The molecule has 94 valence electrons. The smallest absolute Gasteiger partial charge is 0.410 e. The van der Waals surface area contributed by atoms with Gasteiger partial charge in [0.2, 0.25) is 0 Å². The Hall–Kier alpha value is -0.810. The molecule has 16 heavy (non-hydrogen) atoms. The molecule has 5 heteroatoms. The maximum Gasteiger partial charge on any atom is 0.410 e. The van der Waals surface area contributed by atoms with Gasteiger partial charge in [0.25, 0.3) is 0 Å². The lowest BCUT2D eigenvalue weighted by molar-refractivity contribution is -0.00475. The number of hydroxylamine groups is 1. The molecule has 0 bridgehead atoms. The molecular formula is C11H22N2O3. The van der Waals surface area contributed by atoms with Crippen LogP contribution in [-0.4, -0.2) is 42.8 Å². The van der Waals surface area contributed by atoms with Gasteiger partial charge in [0.15, 0.2) is 0 Å². The second-order valence-electron chi connectivity index (χ2n) is 4.98. The Balaban J connectivity index is 2.47. The van der Waals surface area contributed by atoms with Gasteiger partial charge in [-0.2, -0.15) is 0 Å². The molecule has 1 amide bonds. The maximum absolute atomic E-state index is 11.9. The fourth-order valence-electron chi connectivity index (χ4n) is 1.75. The standard InChI is InChI=1S/C11H22N2O3/c1-11(2,3)16-10(14)13-7-5-6-9(13)8-15-12-4/h9,12H,5-8H2,1-4H3. The summed E-state index contributed by atoms with van der Waals surface area (Å²) in [6.07, 6.45) is 1.74. The molecule has 0 aromatic rings. The first-order valence-electron chi connectivity index (χ1n) is 5.72. The van der Waals surface area contributed by atoms with E-state index in [1.807, 2.05) is 20.8 Å². The van der Waals surface area contributed by atoms with Crippen molar-refractivity contribution in [3.8, 4) is 0 Å². The summed E-state index contributed by atoms with van der Waals surface area (Å²) in [6, 6.07) is 0.127. The summed E-state index contributed by atoms with van der Waals surface area (Å²) < 4.78 is 5.34. The lowest BCUT2D eigenvalue weighted by Gasteiger charge is -2.28. The molecule has 1 aliphatic heterocycles. The molecule has 1 N–H and O–H groups in total. The molecule has 1 fully saturated rings. The topological polar surface area (TPSA) is 50.8 Å². The normalized spacial score (nSPS) is 21.2. The molecule has 1 atom stereocenters. The van der Waals surface area contributed by atoms with Crippen LogP contribution in [0.3, 0.4) is 0 Å². The fraction of sp³-hybridized carbons (Fsp3) is 0.909. The highest BCUT2D eigenvalue weighted by Gasteiger charge is 2.32. The summed E-state index contributed by atoms with van der Waals surface area (Å²) >= 11 is 0. The van der Waals surface area contributed by atoms with E-state index < -0.39 is 5.60 Å². The van der Waals surface area contributed by atoms with Gasteiger partial charge >= 0.3 is 6.09 Å². The number of nitrogens with one attached hydrogen (secondary N) is 1. The average molecular weight is 230 g/mol. The monoisotopic (exact) mass is 230 g/mol. The number of amides is 1. The summed E-state index contributed by atoms with van der Waals surface area (Å²) in [6.45, 7) is 6.89. The number of hydrogen-bond donors (Lipinski definition) is 1. The number of nitrogens with zero attached hydrogens (tertiary/aromatic N) is 1. The van der Waals surface area contributed by atoms with Crippen molar-refractivity contribution >= 4 is 6.09 Å². The third kappa shape index (κ3) is 3.98. The van der Waals surface area contributed by atoms with Crippen molar-refractivity contribution in [2.45, 2.75) is 45.3 Å². The molecular weight excluding hydrogens is 208 g/mol. The van der Waals surface area contributed by atoms with E-state index >= 15 is 0 Å². The van der Waals surface area contributed by atoms with Crippen LogP contribution in [0.2, 0.25) is 0 Å². The summed E-state index contributed by atoms with van der Waals surface area (Å²) in [4.78, 5) is 18.7. The van der Waals surface area contributed by atoms with Crippen molar-refractivity contribution in [3.05, 3.63) is 0 Å². The Kier molecular flexibility index (Phi) is 4.56. The Morgan fingerprint density at radius 1 is 1.50 bits per heavy atom. The Bertz CT molecular complexity index is 238. The van der Waals surface area contributed by atoms with Crippen molar-refractivity contribution < 1.29 is 14.4 Å². The van der Waals surface area contributed by atoms with Crippen LogP contribution in [0.4, 0.5) is 4.79 Å². The van der Waals surface area contributed by atoms with Crippen LogP contribution in [0.25, 0.3) is 0 Å². The van der Waals surface area contributed by atoms with Crippen LogP contribution < -0.4 is 5.48 Å². The van der Waals surface area contributed by atoms with E-state index in [1.54, 1.807) is 11.9 Å². The van der Waals surface area contributed by atoms with Crippen LogP contribution in [0.5, 0.6) is 0 Å². The molecule has 1 rings (SSSR count). The zero-order chi connectivity index (χ0) is 12.2. The summed E-state index contributed by atoms with van der Waals surface area (Å²) in [7, 11) is 1.72. The number of carbonyl (C=O) groups excluding carboxylic acids is 1. The lowest BCUT2D eigenvalue weighted by atomic mass is 10.2. The van der Waals surface area contributed by atoms with E-state index in [9.17, 15) is 4.79 Å². The van der Waals surface area contributed by atoms with Crippen molar-refractivity contribution in [2.24, 2.45) is 0 Å². The molecule has 0 saturated carbocycles. The largest absolute Gasteiger partial charge is 0.444 e. The molecule has 0 radical (unpaired) electrons. The van der Waals surface area contributed by atoms with Crippen LogP contribution in [0.1, 0.15) is 33.6 Å². The van der Waals surface area contributed by atoms with E-state index in [2.05, 4.69) is 5.48 Å². The molecule has 1 heterocycles. The minimum Gasteiger partial charge on any atom is -0.444 e. The quantitative estimate of drug-likeness (QED) is 0.747. The molecule has 5 nitrogen and oxygen atoms in total. The predicted octanol–water partition coefficient (Wildman–Crippen LogP) is 1.54. The second-order valence-corrected chi connectivity index (χ2v) is 4.98. The Morgan fingerprint density at radius 3 is 2.75 bits per heavy atom. The van der Waals surface area contributed by atoms with Gasteiger partial charge in [0, 0.05) is 13.6 Å². The zero-order valence-corrected chi connectivity index (χ0v) is 10.6. The number of ether oxygens (including phenoxy) is 1. The summed E-state index contributed by atoms with van der Waals surface area (Å²) in [5.74, 6) is 0. The van der Waals surface area contributed by atoms with Crippen molar-refractivity contribution in [1.29, 1.82) is 0 Å². The fourth-order valence-corrected chi connectivity index (χ4v) is 1.75. The lowest BCUT2D eigenvalue weighted by Crippen LogP contribution is -2.42. The van der Waals surface area contributed by atoms with Crippen LogP contribution in [0, 0.1) is 0 Å². The van der Waals surface area contributed by atoms with Crippen molar-refractivity contribution in [2.75, 3.05) is 20.2 Å². The highest BCUT2D eigenvalue weighted by molar-refractivity contribution is 5.68. The van der Waals surface area contributed by atoms with Gasteiger partial charge in [-0.15, -0.1) is 0 Å². The third-order valence-electron chi connectivity index (χ3n) is 2.43. The number of carbonyl (C=O) groups is 1. The van der Waals surface area contributed by atoms with E-state index in [-0.39, 0.29) is 12.1 Å². The predicted molar refractivity (Wildman–Crippen MR) is 61.0 cm³/mol. The van der Waals surface area contributed by atoms with E-state index in [1.165, 1.54) is 0 Å². The van der Waals surface area contributed by atoms with Crippen LogP contribution in [-0.2, 0) is 9.57 Å². The van der Waals surface area contributed by atoms with Crippen molar-refractivity contribution in [3.63, 3.8) is 0 Å². The second kappa shape index (κ2) is 5.50. The minimum atomic E-state index is -0.436. The molecule has 1 unspecified atom stereocenters. The van der Waals surface area contributed by atoms with Gasteiger partial charge in [0.1, 0.15) is 5.60 Å². The molecule has 1 saturated heterocycles. The van der Waals surface area contributed by atoms with E-state index in [0.717, 1.165) is 19.4 Å². The highest BCUT2D eigenvalue weighted by atomic mass is 16.6. The van der Waals surface area contributed by atoms with Gasteiger partial charge < -0.3 is 9.64 Å². The van der Waals surface area contributed by atoms with E-state index in [0.29, 0.717) is 6.61 Å². The maximum atomic E-state index is 11.9. The van der Waals surface area contributed by atoms with Gasteiger partial charge in [0.05, 0.1) is 12.6 Å². The number of hydrogen-bond acceptors (Lipinski definition) is 4. The third-order valence-corrected chi connectivity index (χ3v) is 2.43. The molecule has 0 aromatic carbocycles. The first-order chi connectivity index (χ1) is 7.44.